The van der Waals surface area contributed by atoms with Crippen LogP contribution in [0.2, 0.25) is 0 Å². The molecule has 0 aliphatic carbocycles. The van der Waals surface area contributed by atoms with Gasteiger partial charge in [-0.15, -0.1) is 5.10 Å². The Balaban J connectivity index is 1.60. The lowest BCUT2D eigenvalue weighted by molar-refractivity contribution is 0.0501. The minimum Gasteiger partial charge on any atom is -0.497 e. The molecule has 128 valence electrons. The van der Waals surface area contributed by atoms with E-state index in [1.165, 1.54) is 4.80 Å². The summed E-state index contributed by atoms with van der Waals surface area (Å²) >= 11 is 0. The molecule has 3 rings (SSSR count). The second-order valence-corrected chi connectivity index (χ2v) is 5.49. The molecule has 1 heterocycles. The summed E-state index contributed by atoms with van der Waals surface area (Å²) in [6.45, 7) is 2.02. The molecule has 25 heavy (non-hydrogen) atoms. The number of hydrogen-bond acceptors (Lipinski definition) is 5. The average Bonchev–Trinajstić information content (AvgIpc) is 3.05. The van der Waals surface area contributed by atoms with E-state index in [1.54, 1.807) is 14.0 Å². The van der Waals surface area contributed by atoms with Gasteiger partial charge in [0.2, 0.25) is 0 Å². The highest BCUT2D eigenvalue weighted by molar-refractivity contribution is 5.88. The van der Waals surface area contributed by atoms with Crippen molar-refractivity contribution in [3.63, 3.8) is 0 Å². The molecule has 0 spiro atoms. The fourth-order valence-electron chi connectivity index (χ4n) is 2.37. The van der Waals surface area contributed by atoms with E-state index in [1.807, 2.05) is 54.6 Å². The largest absolute Gasteiger partial charge is 0.497 e. The Bertz CT molecular complexity index is 842. The van der Waals surface area contributed by atoms with Gasteiger partial charge in [0.1, 0.15) is 5.75 Å². The third kappa shape index (κ3) is 4.03. The lowest BCUT2D eigenvalue weighted by Gasteiger charge is -2.05. The third-order valence-electron chi connectivity index (χ3n) is 3.75. The Morgan fingerprint density at radius 3 is 2.44 bits per heavy atom. The van der Waals surface area contributed by atoms with E-state index >= 15 is 0 Å². The van der Waals surface area contributed by atoms with E-state index in [0.29, 0.717) is 12.1 Å². The Kier molecular flexibility index (Phi) is 5.09. The van der Waals surface area contributed by atoms with Crippen LogP contribution in [0.3, 0.4) is 0 Å². The van der Waals surface area contributed by atoms with Crippen molar-refractivity contribution < 1.29 is 14.3 Å². The molecular weight excluding hydrogens is 318 g/mol. The third-order valence-corrected chi connectivity index (χ3v) is 3.75. The van der Waals surface area contributed by atoms with Crippen molar-refractivity contribution in [3.05, 3.63) is 71.5 Å². The summed E-state index contributed by atoms with van der Waals surface area (Å²) in [7, 11) is 1.63. The fourth-order valence-corrected chi connectivity index (χ4v) is 2.37. The maximum absolute atomic E-state index is 12.2. The SMILES string of the molecule is COc1ccc(CCOC(=O)c2nn(-c3ccccc3)nc2C)cc1. The van der Waals surface area contributed by atoms with Gasteiger partial charge in [0.15, 0.2) is 5.69 Å². The number of methoxy groups -OCH3 is 1. The molecule has 0 atom stereocenters. The van der Waals surface area contributed by atoms with Crippen LogP contribution in [0.4, 0.5) is 0 Å². The Labute approximate surface area is 146 Å². The predicted molar refractivity (Wildman–Crippen MR) is 93.1 cm³/mol. The molecule has 0 saturated carbocycles. The highest BCUT2D eigenvalue weighted by Crippen LogP contribution is 2.13. The first-order chi connectivity index (χ1) is 12.2. The van der Waals surface area contributed by atoms with Crippen LogP contribution in [0.1, 0.15) is 21.7 Å². The number of para-hydroxylation sites is 1. The summed E-state index contributed by atoms with van der Waals surface area (Å²) in [4.78, 5) is 13.7. The number of carbonyl (C=O) groups excluding carboxylic acids is 1. The highest BCUT2D eigenvalue weighted by Gasteiger charge is 2.17. The molecule has 2 aromatic carbocycles. The minimum atomic E-state index is -0.465. The Hall–Kier alpha value is -3.15. The van der Waals surface area contributed by atoms with Gasteiger partial charge >= 0.3 is 5.97 Å². The van der Waals surface area contributed by atoms with Crippen LogP contribution in [0.25, 0.3) is 5.69 Å². The van der Waals surface area contributed by atoms with Crippen molar-refractivity contribution in [2.45, 2.75) is 13.3 Å². The smallest absolute Gasteiger partial charge is 0.360 e. The molecule has 3 aromatic rings. The van der Waals surface area contributed by atoms with Crippen LogP contribution in [-0.4, -0.2) is 34.7 Å². The monoisotopic (exact) mass is 337 g/mol. The molecule has 0 radical (unpaired) electrons. The highest BCUT2D eigenvalue weighted by atomic mass is 16.5. The van der Waals surface area contributed by atoms with E-state index in [9.17, 15) is 4.79 Å². The molecule has 6 nitrogen and oxygen atoms in total. The topological polar surface area (TPSA) is 66.2 Å². The van der Waals surface area contributed by atoms with Crippen molar-refractivity contribution in [1.29, 1.82) is 0 Å². The first-order valence-corrected chi connectivity index (χ1v) is 7.97. The maximum Gasteiger partial charge on any atom is 0.360 e. The number of ether oxygens (including phenoxy) is 2. The van der Waals surface area contributed by atoms with Gasteiger partial charge < -0.3 is 9.47 Å². The van der Waals surface area contributed by atoms with Gasteiger partial charge in [-0.1, -0.05) is 30.3 Å². The normalized spacial score (nSPS) is 10.5. The molecule has 0 amide bonds. The summed E-state index contributed by atoms with van der Waals surface area (Å²) in [6, 6.07) is 17.1. The maximum atomic E-state index is 12.2. The lowest BCUT2D eigenvalue weighted by atomic mass is 10.1. The van der Waals surface area contributed by atoms with Crippen LogP contribution >= 0.6 is 0 Å². The van der Waals surface area contributed by atoms with Gasteiger partial charge in [0.05, 0.1) is 25.1 Å². The summed E-state index contributed by atoms with van der Waals surface area (Å²) in [5.41, 5.74) is 2.64. The van der Waals surface area contributed by atoms with Crippen LogP contribution in [0.15, 0.2) is 54.6 Å². The quantitative estimate of drug-likeness (QED) is 0.647. The van der Waals surface area contributed by atoms with Gasteiger partial charge in [-0.2, -0.15) is 9.90 Å². The number of aryl methyl sites for hydroxylation is 1. The number of carbonyl (C=O) groups is 1. The number of hydrogen-bond donors (Lipinski definition) is 0. The molecule has 0 bridgehead atoms. The van der Waals surface area contributed by atoms with Crippen molar-refractivity contribution in [2.24, 2.45) is 0 Å². The summed E-state index contributed by atoms with van der Waals surface area (Å²) in [6.07, 6.45) is 0.627. The number of esters is 1. The van der Waals surface area contributed by atoms with Gasteiger partial charge in [0, 0.05) is 6.42 Å². The summed E-state index contributed by atoms with van der Waals surface area (Å²) in [5, 5.41) is 8.52. The zero-order chi connectivity index (χ0) is 17.6. The first-order valence-electron chi connectivity index (χ1n) is 7.97. The van der Waals surface area contributed by atoms with Gasteiger partial charge in [0.25, 0.3) is 0 Å². The van der Waals surface area contributed by atoms with Crippen LogP contribution in [0.5, 0.6) is 5.75 Å². The molecule has 0 saturated heterocycles. The first kappa shape index (κ1) is 16.7. The summed E-state index contributed by atoms with van der Waals surface area (Å²) in [5.74, 6) is 0.335. The van der Waals surface area contributed by atoms with Crippen LogP contribution in [-0.2, 0) is 11.2 Å². The zero-order valence-electron chi connectivity index (χ0n) is 14.2. The Morgan fingerprint density at radius 1 is 1.04 bits per heavy atom. The molecular formula is C19H19N3O3. The standard InChI is InChI=1S/C19H19N3O3/c1-14-18(21-22(20-14)16-6-4-3-5-7-16)19(23)25-13-12-15-8-10-17(24-2)11-9-15/h3-11H,12-13H2,1-2H3. The van der Waals surface area contributed by atoms with Crippen molar-refractivity contribution >= 4 is 5.97 Å². The van der Waals surface area contributed by atoms with Crippen molar-refractivity contribution in [1.82, 2.24) is 15.0 Å². The second-order valence-electron chi connectivity index (χ2n) is 5.49. The van der Waals surface area contributed by atoms with Gasteiger partial charge in [-0.3, -0.25) is 0 Å². The van der Waals surface area contributed by atoms with Crippen LogP contribution < -0.4 is 4.74 Å². The number of rotatable bonds is 6. The van der Waals surface area contributed by atoms with Crippen molar-refractivity contribution in [3.8, 4) is 11.4 Å². The molecule has 6 heteroatoms. The van der Waals surface area contributed by atoms with Gasteiger partial charge in [-0.05, 0) is 36.8 Å². The van der Waals surface area contributed by atoms with Crippen LogP contribution in [0, 0.1) is 6.92 Å². The fraction of sp³-hybridized carbons (Fsp3) is 0.211. The summed E-state index contributed by atoms with van der Waals surface area (Å²) < 4.78 is 10.5. The molecule has 0 fully saturated rings. The lowest BCUT2D eigenvalue weighted by Crippen LogP contribution is -2.10. The van der Waals surface area contributed by atoms with E-state index in [-0.39, 0.29) is 12.3 Å². The van der Waals surface area contributed by atoms with Crippen molar-refractivity contribution in [2.75, 3.05) is 13.7 Å². The molecule has 0 unspecified atom stereocenters. The number of benzene rings is 2. The average molecular weight is 337 g/mol. The predicted octanol–water partition coefficient (Wildman–Crippen LogP) is 2.98. The zero-order valence-corrected chi connectivity index (χ0v) is 14.2. The van der Waals surface area contributed by atoms with E-state index in [4.69, 9.17) is 9.47 Å². The number of nitrogens with zero attached hydrogens (tertiary/aromatic N) is 3. The van der Waals surface area contributed by atoms with E-state index < -0.39 is 5.97 Å². The van der Waals surface area contributed by atoms with Gasteiger partial charge in [-0.25, -0.2) is 4.79 Å². The molecule has 0 aliphatic rings. The number of aromatic nitrogens is 3. The van der Waals surface area contributed by atoms with E-state index in [0.717, 1.165) is 17.0 Å². The molecule has 0 aliphatic heterocycles. The Morgan fingerprint density at radius 2 is 1.76 bits per heavy atom. The minimum absolute atomic E-state index is 0.235. The second kappa shape index (κ2) is 7.61. The molecule has 0 N–H and O–H groups in total. The van der Waals surface area contributed by atoms with E-state index in [2.05, 4.69) is 10.2 Å². The molecule has 1 aromatic heterocycles.